The maximum absolute atomic E-state index is 8.48. The predicted octanol–water partition coefficient (Wildman–Crippen LogP) is 2.11. The Kier molecular flexibility index (Phi) is 5.67. The van der Waals surface area contributed by atoms with E-state index in [0.717, 1.165) is 50.8 Å². The molecule has 1 aliphatic heterocycles. The van der Waals surface area contributed by atoms with E-state index >= 15 is 0 Å². The van der Waals surface area contributed by atoms with Crippen LogP contribution in [0.5, 0.6) is 5.75 Å². The second kappa shape index (κ2) is 7.78. The lowest BCUT2D eigenvalue weighted by atomic mass is 10.0. The number of nitrogens with zero attached hydrogens (tertiary/aromatic N) is 1. The molecule has 0 radical (unpaired) electrons. The fourth-order valence-corrected chi connectivity index (χ4v) is 2.23. The van der Waals surface area contributed by atoms with Gasteiger partial charge < -0.3 is 14.8 Å². The second-order valence-electron chi connectivity index (χ2n) is 4.78. The van der Waals surface area contributed by atoms with E-state index in [1.807, 2.05) is 24.3 Å². The van der Waals surface area contributed by atoms with E-state index in [-0.39, 0.29) is 6.61 Å². The number of benzene rings is 1. The molecule has 4 heteroatoms. The van der Waals surface area contributed by atoms with Crippen LogP contribution < -0.4 is 10.1 Å². The van der Waals surface area contributed by atoms with Crippen LogP contribution in [0.15, 0.2) is 24.3 Å². The molecule has 19 heavy (non-hydrogen) atoms. The molecule has 0 atom stereocenters. The summed E-state index contributed by atoms with van der Waals surface area (Å²) in [5.41, 5.74) is 1.18. The Bertz CT molecular complexity index is 422. The van der Waals surface area contributed by atoms with Crippen molar-refractivity contribution in [3.63, 3.8) is 0 Å². The van der Waals surface area contributed by atoms with E-state index in [2.05, 4.69) is 11.4 Å². The van der Waals surface area contributed by atoms with Gasteiger partial charge in [0.15, 0.2) is 6.61 Å². The normalized spacial score (nSPS) is 15.9. The predicted molar refractivity (Wildman–Crippen MR) is 72.8 cm³/mol. The van der Waals surface area contributed by atoms with Crippen molar-refractivity contribution in [3.8, 4) is 11.8 Å². The third kappa shape index (κ3) is 4.90. The van der Waals surface area contributed by atoms with Crippen molar-refractivity contribution in [2.75, 3.05) is 26.4 Å². The second-order valence-corrected chi connectivity index (χ2v) is 4.78. The van der Waals surface area contributed by atoms with Gasteiger partial charge in [0.25, 0.3) is 0 Å². The standard InChI is InChI=1S/C15H20N2O2/c16-6-9-19-15-3-1-2-14(10-15)12-17-11-13-4-7-18-8-5-13/h1-3,10,13,17H,4-5,7-9,11-12H2. The van der Waals surface area contributed by atoms with Crippen LogP contribution >= 0.6 is 0 Å². The minimum absolute atomic E-state index is 0.0962. The SMILES string of the molecule is N#CCOc1cccc(CNCC2CCOCC2)c1. The lowest BCUT2D eigenvalue weighted by Gasteiger charge is -2.22. The molecule has 1 saturated heterocycles. The summed E-state index contributed by atoms with van der Waals surface area (Å²) in [6.07, 6.45) is 2.30. The average Bonchev–Trinajstić information content (AvgIpc) is 2.47. The summed E-state index contributed by atoms with van der Waals surface area (Å²) in [5.74, 6) is 1.48. The minimum atomic E-state index is 0.0962. The van der Waals surface area contributed by atoms with Crippen molar-refractivity contribution < 1.29 is 9.47 Å². The summed E-state index contributed by atoms with van der Waals surface area (Å²) in [4.78, 5) is 0. The van der Waals surface area contributed by atoms with Gasteiger partial charge in [-0.15, -0.1) is 0 Å². The lowest BCUT2D eigenvalue weighted by molar-refractivity contribution is 0.0662. The molecule has 1 aromatic rings. The average molecular weight is 260 g/mol. The molecule has 1 heterocycles. The highest BCUT2D eigenvalue weighted by atomic mass is 16.5. The molecular weight excluding hydrogens is 240 g/mol. The summed E-state index contributed by atoms with van der Waals surface area (Å²) < 4.78 is 10.6. The first-order valence-electron chi connectivity index (χ1n) is 6.75. The van der Waals surface area contributed by atoms with Gasteiger partial charge in [0, 0.05) is 19.8 Å². The van der Waals surface area contributed by atoms with E-state index in [1.54, 1.807) is 0 Å². The first kappa shape index (κ1) is 13.9. The van der Waals surface area contributed by atoms with Crippen LogP contribution in [-0.4, -0.2) is 26.4 Å². The third-order valence-electron chi connectivity index (χ3n) is 3.30. The van der Waals surface area contributed by atoms with E-state index in [0.29, 0.717) is 0 Å². The van der Waals surface area contributed by atoms with Gasteiger partial charge in [-0.05, 0) is 43.0 Å². The van der Waals surface area contributed by atoms with Crippen LogP contribution in [-0.2, 0) is 11.3 Å². The zero-order valence-electron chi connectivity index (χ0n) is 11.1. The quantitative estimate of drug-likeness (QED) is 0.851. The zero-order chi connectivity index (χ0) is 13.3. The van der Waals surface area contributed by atoms with Gasteiger partial charge in [-0.2, -0.15) is 5.26 Å². The van der Waals surface area contributed by atoms with Crippen LogP contribution in [0.3, 0.4) is 0 Å². The number of hydrogen-bond acceptors (Lipinski definition) is 4. The molecule has 0 aromatic heterocycles. The summed E-state index contributed by atoms with van der Waals surface area (Å²) in [6, 6.07) is 9.85. The largest absolute Gasteiger partial charge is 0.479 e. The van der Waals surface area contributed by atoms with Gasteiger partial charge in [0.2, 0.25) is 0 Å². The Morgan fingerprint density at radius 2 is 2.21 bits per heavy atom. The maximum Gasteiger partial charge on any atom is 0.174 e. The smallest absolute Gasteiger partial charge is 0.174 e. The van der Waals surface area contributed by atoms with Crippen LogP contribution in [0, 0.1) is 17.2 Å². The first-order valence-corrected chi connectivity index (χ1v) is 6.75. The summed E-state index contributed by atoms with van der Waals surface area (Å²) >= 11 is 0. The molecule has 2 rings (SSSR count). The Labute approximate surface area is 114 Å². The molecule has 0 amide bonds. The maximum atomic E-state index is 8.48. The number of hydrogen-bond donors (Lipinski definition) is 1. The molecule has 0 aliphatic carbocycles. The Morgan fingerprint density at radius 3 is 3.00 bits per heavy atom. The van der Waals surface area contributed by atoms with Crippen LogP contribution in [0.1, 0.15) is 18.4 Å². The van der Waals surface area contributed by atoms with Gasteiger partial charge in [-0.1, -0.05) is 12.1 Å². The summed E-state index contributed by atoms with van der Waals surface area (Å²) in [6.45, 7) is 3.75. The number of ether oxygens (including phenoxy) is 2. The fraction of sp³-hybridized carbons (Fsp3) is 0.533. The highest BCUT2D eigenvalue weighted by Crippen LogP contribution is 2.15. The Morgan fingerprint density at radius 1 is 1.37 bits per heavy atom. The summed E-state index contributed by atoms with van der Waals surface area (Å²) in [5, 5.41) is 12.0. The van der Waals surface area contributed by atoms with E-state index < -0.39 is 0 Å². The third-order valence-corrected chi connectivity index (χ3v) is 3.30. The molecule has 1 aliphatic rings. The van der Waals surface area contributed by atoms with Crippen LogP contribution in [0.2, 0.25) is 0 Å². The lowest BCUT2D eigenvalue weighted by Crippen LogP contribution is -2.27. The number of nitriles is 1. The van der Waals surface area contributed by atoms with Crippen molar-refractivity contribution in [1.82, 2.24) is 5.32 Å². The molecular formula is C15H20N2O2. The highest BCUT2D eigenvalue weighted by molar-refractivity contribution is 5.28. The number of nitrogens with one attached hydrogen (secondary N) is 1. The van der Waals surface area contributed by atoms with Crippen molar-refractivity contribution in [2.24, 2.45) is 5.92 Å². The van der Waals surface area contributed by atoms with Gasteiger partial charge in [-0.3, -0.25) is 0 Å². The van der Waals surface area contributed by atoms with E-state index in [9.17, 15) is 0 Å². The Hall–Kier alpha value is -1.57. The number of rotatable bonds is 6. The van der Waals surface area contributed by atoms with Crippen LogP contribution in [0.25, 0.3) is 0 Å². The topological polar surface area (TPSA) is 54.3 Å². The van der Waals surface area contributed by atoms with E-state index in [1.165, 1.54) is 5.56 Å². The molecule has 1 fully saturated rings. The van der Waals surface area contributed by atoms with Crippen molar-refractivity contribution in [1.29, 1.82) is 5.26 Å². The molecule has 0 unspecified atom stereocenters. The first-order chi connectivity index (χ1) is 9.38. The monoisotopic (exact) mass is 260 g/mol. The van der Waals surface area contributed by atoms with Gasteiger partial charge in [0.05, 0.1) is 0 Å². The van der Waals surface area contributed by atoms with Crippen molar-refractivity contribution >= 4 is 0 Å². The van der Waals surface area contributed by atoms with Crippen molar-refractivity contribution in [3.05, 3.63) is 29.8 Å². The molecule has 0 bridgehead atoms. The molecule has 1 N–H and O–H groups in total. The van der Waals surface area contributed by atoms with Crippen molar-refractivity contribution in [2.45, 2.75) is 19.4 Å². The highest BCUT2D eigenvalue weighted by Gasteiger charge is 2.12. The molecule has 102 valence electrons. The van der Waals surface area contributed by atoms with E-state index in [4.69, 9.17) is 14.7 Å². The minimum Gasteiger partial charge on any atom is -0.479 e. The van der Waals surface area contributed by atoms with Gasteiger partial charge >= 0.3 is 0 Å². The molecule has 4 nitrogen and oxygen atoms in total. The molecule has 1 aromatic carbocycles. The summed E-state index contributed by atoms with van der Waals surface area (Å²) in [7, 11) is 0. The van der Waals surface area contributed by atoms with Crippen LogP contribution in [0.4, 0.5) is 0 Å². The molecule has 0 spiro atoms. The Balaban J connectivity index is 1.74. The van der Waals surface area contributed by atoms with Gasteiger partial charge in [0.1, 0.15) is 11.8 Å². The van der Waals surface area contributed by atoms with Gasteiger partial charge in [-0.25, -0.2) is 0 Å². The fourth-order valence-electron chi connectivity index (χ4n) is 2.23. The molecule has 0 saturated carbocycles. The zero-order valence-corrected chi connectivity index (χ0v) is 11.1.